The Balaban J connectivity index is 0.923. The van der Waals surface area contributed by atoms with Crippen LogP contribution in [0, 0.1) is 11.3 Å². The second kappa shape index (κ2) is 13.7. The number of nitriles is 1. The number of benzene rings is 2. The molecular formula is C37H33N7O4S2. The lowest BCUT2D eigenvalue weighted by atomic mass is 9.84. The van der Waals surface area contributed by atoms with Gasteiger partial charge in [0.25, 0.3) is 0 Å². The number of thiophene rings is 2. The van der Waals surface area contributed by atoms with Crippen molar-refractivity contribution in [3.63, 3.8) is 0 Å². The van der Waals surface area contributed by atoms with Gasteiger partial charge in [0, 0.05) is 35.0 Å². The molecule has 6 aromatic rings. The van der Waals surface area contributed by atoms with E-state index in [4.69, 9.17) is 19.6 Å². The van der Waals surface area contributed by atoms with Crippen LogP contribution in [0.5, 0.6) is 6.01 Å². The van der Waals surface area contributed by atoms with Crippen LogP contribution in [0.4, 0.5) is 15.6 Å². The Morgan fingerprint density at radius 1 is 1.06 bits per heavy atom. The Morgan fingerprint density at radius 3 is 2.60 bits per heavy atom. The molecule has 0 unspecified atom stereocenters. The van der Waals surface area contributed by atoms with E-state index in [1.54, 1.807) is 34.9 Å². The number of amides is 1. The minimum absolute atomic E-state index is 0.195. The Morgan fingerprint density at radius 2 is 1.82 bits per heavy atom. The van der Waals surface area contributed by atoms with Crippen LogP contribution in [-0.2, 0) is 23.3 Å². The summed E-state index contributed by atoms with van der Waals surface area (Å²) in [7, 11) is 2.00. The van der Waals surface area contributed by atoms with Gasteiger partial charge < -0.3 is 29.8 Å². The molecule has 1 aliphatic carbocycles. The number of carbonyl (C=O) groups is 1. The number of carbonyl (C=O) groups excluding carboxylic acids is 1. The summed E-state index contributed by atoms with van der Waals surface area (Å²) >= 11 is 3.39. The van der Waals surface area contributed by atoms with Gasteiger partial charge in [-0.15, -0.1) is 22.7 Å². The third-order valence-corrected chi connectivity index (χ3v) is 11.0. The molecule has 0 saturated carbocycles. The van der Waals surface area contributed by atoms with E-state index < -0.39 is 6.09 Å². The number of ether oxygens (including phenoxy) is 2. The molecule has 1 amide bonds. The number of fused-ring (bicyclic) bond motifs is 4. The lowest BCUT2D eigenvalue weighted by Gasteiger charge is -2.20. The average Bonchev–Trinajstić information content (AvgIpc) is 3.89. The number of likely N-dealkylation sites (N-methyl/N-ethyl adjacent to an activating group) is 1. The molecule has 3 N–H and O–H groups in total. The first-order valence-corrected chi connectivity index (χ1v) is 17.5. The van der Waals surface area contributed by atoms with Crippen LogP contribution in [0.25, 0.3) is 32.5 Å². The number of para-hydroxylation sites is 2. The fourth-order valence-electron chi connectivity index (χ4n) is 5.67. The average molecular weight is 704 g/mol. The molecule has 4 aromatic heterocycles. The second-order valence-electron chi connectivity index (χ2n) is 12.3. The van der Waals surface area contributed by atoms with Gasteiger partial charge in [-0.25, -0.2) is 14.8 Å². The zero-order chi connectivity index (χ0) is 34.8. The van der Waals surface area contributed by atoms with Crippen molar-refractivity contribution in [2.24, 2.45) is 0 Å². The first-order valence-electron chi connectivity index (χ1n) is 15.9. The van der Waals surface area contributed by atoms with Crippen molar-refractivity contribution < 1.29 is 18.7 Å². The Kier molecular flexibility index (Phi) is 8.96. The highest BCUT2D eigenvalue weighted by molar-refractivity contribution is 7.25. The van der Waals surface area contributed by atoms with E-state index in [1.165, 1.54) is 20.9 Å². The number of allylic oxidation sites excluding steroid dienone is 1. The Hall–Kier alpha value is -5.71. The molecule has 0 bridgehead atoms. The zero-order valence-corrected chi connectivity index (χ0v) is 29.2. The van der Waals surface area contributed by atoms with E-state index in [-0.39, 0.29) is 18.0 Å². The number of nitrogens with zero attached hydrogens (tertiary/aromatic N) is 5. The summed E-state index contributed by atoms with van der Waals surface area (Å²) in [5.74, 6) is 0.668. The smallest absolute Gasteiger partial charge is 0.407 e. The SMILES string of the molecule is CN(CCOC(=O)NCc1ccc(COc2nccc(N)n2)cc1)c1cc2c(s1)-c1sc(/C=C(/C#N)c3nc4ccccc4o3)cc1C2(C)C. The number of oxazole rings is 1. The maximum Gasteiger partial charge on any atom is 0.407 e. The van der Waals surface area contributed by atoms with Crippen molar-refractivity contribution in [2.75, 3.05) is 30.8 Å². The summed E-state index contributed by atoms with van der Waals surface area (Å²) in [5, 5.41) is 13.8. The van der Waals surface area contributed by atoms with Gasteiger partial charge >= 0.3 is 12.1 Å². The highest BCUT2D eigenvalue weighted by atomic mass is 32.1. The number of hydrogen-bond donors (Lipinski definition) is 2. The third kappa shape index (κ3) is 6.76. The number of anilines is 2. The van der Waals surface area contributed by atoms with Crippen LogP contribution >= 0.6 is 22.7 Å². The van der Waals surface area contributed by atoms with Gasteiger partial charge in [0.2, 0.25) is 5.89 Å². The molecule has 13 heteroatoms. The molecule has 7 rings (SSSR count). The molecule has 1 aliphatic rings. The molecular weight excluding hydrogens is 671 g/mol. The fraction of sp³-hybridized carbons (Fsp3) is 0.216. The minimum atomic E-state index is -0.474. The molecule has 0 spiro atoms. The largest absolute Gasteiger partial charge is 0.459 e. The van der Waals surface area contributed by atoms with Crippen molar-refractivity contribution in [3.05, 3.63) is 106 Å². The van der Waals surface area contributed by atoms with Gasteiger partial charge in [-0.2, -0.15) is 10.2 Å². The third-order valence-electron chi connectivity index (χ3n) is 8.47. The Bertz CT molecular complexity index is 2230. The summed E-state index contributed by atoms with van der Waals surface area (Å²) in [6.07, 6.45) is 2.93. The van der Waals surface area contributed by atoms with Gasteiger partial charge in [-0.3, -0.25) is 0 Å². The minimum Gasteiger partial charge on any atom is -0.459 e. The number of alkyl carbamates (subject to hydrolysis) is 1. The van der Waals surface area contributed by atoms with Crippen molar-refractivity contribution in [2.45, 2.75) is 32.4 Å². The van der Waals surface area contributed by atoms with E-state index in [0.717, 1.165) is 26.5 Å². The van der Waals surface area contributed by atoms with Crippen LogP contribution < -0.4 is 20.7 Å². The fourth-order valence-corrected chi connectivity index (χ4v) is 8.39. The summed E-state index contributed by atoms with van der Waals surface area (Å²) in [6.45, 7) is 5.88. The lowest BCUT2D eigenvalue weighted by Crippen LogP contribution is -2.28. The number of rotatable bonds is 11. The number of nitrogens with one attached hydrogen (secondary N) is 1. The van der Waals surface area contributed by atoms with Gasteiger partial charge in [0.15, 0.2) is 5.58 Å². The maximum absolute atomic E-state index is 12.4. The molecule has 0 radical (unpaired) electrons. The highest BCUT2D eigenvalue weighted by Gasteiger charge is 2.39. The lowest BCUT2D eigenvalue weighted by molar-refractivity contribution is 0.148. The van der Waals surface area contributed by atoms with Gasteiger partial charge in [0.05, 0.1) is 16.4 Å². The first-order chi connectivity index (χ1) is 24.2. The number of nitrogens with two attached hydrogens (primary N) is 1. The van der Waals surface area contributed by atoms with Gasteiger partial charge in [-0.05, 0) is 58.7 Å². The predicted octanol–water partition coefficient (Wildman–Crippen LogP) is 7.64. The zero-order valence-electron chi connectivity index (χ0n) is 27.6. The molecule has 2 aromatic carbocycles. The van der Waals surface area contributed by atoms with E-state index in [1.807, 2.05) is 61.7 Å². The van der Waals surface area contributed by atoms with Crippen molar-refractivity contribution in [3.8, 4) is 21.8 Å². The monoisotopic (exact) mass is 703 g/mol. The summed E-state index contributed by atoms with van der Waals surface area (Å²) in [6, 6.07) is 23.7. The van der Waals surface area contributed by atoms with Crippen LogP contribution in [0.3, 0.4) is 0 Å². The van der Waals surface area contributed by atoms with E-state index in [2.05, 4.69) is 57.2 Å². The molecule has 0 saturated heterocycles. The molecule has 0 fully saturated rings. The van der Waals surface area contributed by atoms with E-state index in [0.29, 0.717) is 42.6 Å². The molecule has 252 valence electrons. The Labute approximate surface area is 296 Å². The molecule has 11 nitrogen and oxygen atoms in total. The number of aromatic nitrogens is 3. The molecule has 0 atom stereocenters. The van der Waals surface area contributed by atoms with Crippen molar-refractivity contribution >= 4 is 62.3 Å². The maximum atomic E-state index is 12.4. The molecule has 50 heavy (non-hydrogen) atoms. The van der Waals surface area contributed by atoms with Crippen LogP contribution in [0.1, 0.15) is 46.9 Å². The van der Waals surface area contributed by atoms with Gasteiger partial charge in [-0.1, -0.05) is 50.2 Å². The van der Waals surface area contributed by atoms with Gasteiger partial charge in [0.1, 0.15) is 36.2 Å². The van der Waals surface area contributed by atoms with Crippen molar-refractivity contribution in [1.82, 2.24) is 20.3 Å². The highest BCUT2D eigenvalue weighted by Crippen LogP contribution is 2.57. The summed E-state index contributed by atoms with van der Waals surface area (Å²) in [5.41, 5.74) is 11.6. The van der Waals surface area contributed by atoms with Crippen LogP contribution in [0.2, 0.25) is 0 Å². The normalized spacial score (nSPS) is 13.0. The predicted molar refractivity (Wildman–Crippen MR) is 196 cm³/mol. The van der Waals surface area contributed by atoms with E-state index in [9.17, 15) is 10.1 Å². The van der Waals surface area contributed by atoms with E-state index >= 15 is 0 Å². The van der Waals surface area contributed by atoms with Crippen molar-refractivity contribution in [1.29, 1.82) is 5.26 Å². The van der Waals surface area contributed by atoms with Crippen LogP contribution in [0.15, 0.2) is 77.3 Å². The quantitative estimate of drug-likeness (QED) is 0.129. The molecule has 4 heterocycles. The van der Waals surface area contributed by atoms with Crippen LogP contribution in [-0.4, -0.2) is 41.2 Å². The molecule has 0 aliphatic heterocycles. The standard InChI is InChI=1S/C37H33N7O4S2/c1-37(2)26-17-25(16-24(19-38)34-42-28-6-4-5-7-29(28)48-34)49-32(26)33-27(37)18-31(50-33)44(3)14-15-46-36(45)41-20-22-8-10-23(11-9-22)21-47-35-40-13-12-30(39)43-35/h4-13,16-18H,14-15,20-21H2,1-3H3,(H,41,45)(H2,39,40,43)/b24-16-. The summed E-state index contributed by atoms with van der Waals surface area (Å²) in [4.78, 5) is 30.5. The topological polar surface area (TPSA) is 152 Å². The number of nitrogen functional groups attached to an aromatic ring is 1. The first kappa shape index (κ1) is 32.8. The second-order valence-corrected chi connectivity index (χ2v) is 14.4. The summed E-state index contributed by atoms with van der Waals surface area (Å²) < 4.78 is 16.9. The number of hydrogen-bond acceptors (Lipinski definition) is 12.